The maximum atomic E-state index is 2.36. The normalized spacial score (nSPS) is 11.1. The van der Waals surface area contributed by atoms with Gasteiger partial charge in [-0.3, -0.25) is 0 Å². The average Bonchev–Trinajstić information content (AvgIpc) is 3.40. The van der Waals surface area contributed by atoms with Crippen LogP contribution in [0, 0.1) is 0 Å². The van der Waals surface area contributed by atoms with E-state index < -0.39 is 0 Å². The summed E-state index contributed by atoms with van der Waals surface area (Å²) >= 11 is 0. The Morgan fingerprint density at radius 3 is 0.985 bits per heavy atom. The Labute approximate surface area is 381 Å². The molecule has 0 saturated heterocycles. The molecule has 0 atom stereocenters. The van der Waals surface area contributed by atoms with Gasteiger partial charge in [0, 0.05) is 17.1 Å². The maximum Gasteiger partial charge on any atom is 0.0467 e. The largest absolute Gasteiger partial charge is 0.310 e. The quantitative estimate of drug-likeness (QED) is 0.133. The zero-order valence-electron chi connectivity index (χ0n) is 35.9. The monoisotopic (exact) mass is 827 g/mol. The van der Waals surface area contributed by atoms with Crippen molar-refractivity contribution >= 4 is 27.8 Å². The first-order valence-corrected chi connectivity index (χ1v) is 22.3. The smallest absolute Gasteiger partial charge is 0.0467 e. The molecule has 0 aliphatic carbocycles. The van der Waals surface area contributed by atoms with E-state index in [1.165, 1.54) is 88.7 Å². The number of nitrogens with zero attached hydrogens (tertiary/aromatic N) is 1. The Morgan fingerprint density at radius 2 is 0.462 bits per heavy atom. The van der Waals surface area contributed by atoms with Crippen molar-refractivity contribution in [2.24, 2.45) is 0 Å². The van der Waals surface area contributed by atoms with Gasteiger partial charge in [-0.1, -0.05) is 206 Å². The highest BCUT2D eigenvalue weighted by Gasteiger charge is 2.16. The number of benzene rings is 11. The zero-order valence-corrected chi connectivity index (χ0v) is 35.9. The van der Waals surface area contributed by atoms with Crippen molar-refractivity contribution in [1.82, 2.24) is 0 Å². The van der Waals surface area contributed by atoms with Crippen LogP contribution in [0.4, 0.5) is 17.1 Å². The molecule has 0 spiro atoms. The molecule has 11 aromatic carbocycles. The molecule has 0 aliphatic rings. The molecule has 11 aromatic rings. The molecule has 306 valence electrons. The second-order valence-corrected chi connectivity index (χ2v) is 16.6. The van der Waals surface area contributed by atoms with Crippen molar-refractivity contribution in [2.45, 2.75) is 0 Å². The van der Waals surface area contributed by atoms with Gasteiger partial charge in [0.05, 0.1) is 0 Å². The van der Waals surface area contributed by atoms with E-state index in [1.807, 2.05) is 0 Å². The van der Waals surface area contributed by atoms with Crippen LogP contribution >= 0.6 is 0 Å². The summed E-state index contributed by atoms with van der Waals surface area (Å²) in [5.41, 5.74) is 20.0. The molecule has 11 rings (SSSR count). The van der Waals surface area contributed by atoms with Crippen LogP contribution in [0.3, 0.4) is 0 Å². The fraction of sp³-hybridized carbons (Fsp3) is 0. The summed E-state index contributed by atoms with van der Waals surface area (Å²) in [5, 5.41) is 2.51. The first kappa shape index (κ1) is 39.3. The van der Waals surface area contributed by atoms with Gasteiger partial charge in [0.15, 0.2) is 0 Å². The summed E-state index contributed by atoms with van der Waals surface area (Å²) in [5.74, 6) is 0. The summed E-state index contributed by atoms with van der Waals surface area (Å²) in [6.07, 6.45) is 0. The first-order valence-electron chi connectivity index (χ1n) is 22.3. The molecule has 0 aromatic heterocycles. The van der Waals surface area contributed by atoms with Gasteiger partial charge >= 0.3 is 0 Å². The van der Waals surface area contributed by atoms with Crippen LogP contribution < -0.4 is 4.90 Å². The molecule has 0 unspecified atom stereocenters. The van der Waals surface area contributed by atoms with Crippen LogP contribution in [-0.2, 0) is 0 Å². The molecule has 1 nitrogen and oxygen atoms in total. The van der Waals surface area contributed by atoms with Gasteiger partial charge in [0.25, 0.3) is 0 Å². The Morgan fingerprint density at radius 1 is 0.154 bits per heavy atom. The van der Waals surface area contributed by atoms with Gasteiger partial charge in [-0.15, -0.1) is 0 Å². The van der Waals surface area contributed by atoms with Crippen molar-refractivity contribution in [3.63, 3.8) is 0 Å². The lowest BCUT2D eigenvalue weighted by molar-refractivity contribution is 1.28. The molecule has 0 saturated carbocycles. The second-order valence-electron chi connectivity index (χ2n) is 16.6. The van der Waals surface area contributed by atoms with Crippen LogP contribution in [0.5, 0.6) is 0 Å². The fourth-order valence-electron chi connectivity index (χ4n) is 9.00. The number of fused-ring (bicyclic) bond motifs is 1. The van der Waals surface area contributed by atoms with E-state index in [4.69, 9.17) is 0 Å². The van der Waals surface area contributed by atoms with Crippen molar-refractivity contribution in [3.05, 3.63) is 273 Å². The van der Waals surface area contributed by atoms with Gasteiger partial charge in [-0.25, -0.2) is 0 Å². The van der Waals surface area contributed by atoms with Crippen LogP contribution in [0.1, 0.15) is 0 Å². The lowest BCUT2D eigenvalue weighted by atomic mass is 9.93. The summed E-state index contributed by atoms with van der Waals surface area (Å²) in [7, 11) is 0. The number of hydrogen-bond donors (Lipinski definition) is 0. The zero-order chi connectivity index (χ0) is 43.4. The fourth-order valence-corrected chi connectivity index (χ4v) is 9.00. The van der Waals surface area contributed by atoms with Gasteiger partial charge in [-0.05, 0) is 155 Å². The van der Waals surface area contributed by atoms with Gasteiger partial charge in [0.1, 0.15) is 0 Å². The van der Waals surface area contributed by atoms with E-state index in [0.717, 1.165) is 17.1 Å². The van der Waals surface area contributed by atoms with Crippen LogP contribution in [0.15, 0.2) is 273 Å². The molecule has 0 amide bonds. The van der Waals surface area contributed by atoms with Crippen molar-refractivity contribution < 1.29 is 0 Å². The van der Waals surface area contributed by atoms with Crippen molar-refractivity contribution in [2.75, 3.05) is 4.90 Å². The number of rotatable bonds is 10. The predicted octanol–water partition coefficient (Wildman–Crippen LogP) is 18.0. The topological polar surface area (TPSA) is 3.24 Å². The van der Waals surface area contributed by atoms with Gasteiger partial charge in [-0.2, -0.15) is 0 Å². The van der Waals surface area contributed by atoms with E-state index in [-0.39, 0.29) is 0 Å². The highest BCUT2D eigenvalue weighted by molar-refractivity contribution is 5.89. The molecule has 0 aliphatic heterocycles. The Kier molecular flexibility index (Phi) is 10.7. The van der Waals surface area contributed by atoms with Crippen LogP contribution in [0.25, 0.3) is 88.7 Å². The molecule has 0 bridgehead atoms. The van der Waals surface area contributed by atoms with Crippen LogP contribution in [0.2, 0.25) is 0 Å². The molecule has 1 heteroatoms. The minimum atomic E-state index is 1.09. The Hall–Kier alpha value is -8.52. The Bertz CT molecular complexity index is 3320. The number of anilines is 3. The second kappa shape index (κ2) is 17.7. The summed E-state index contributed by atoms with van der Waals surface area (Å²) < 4.78 is 0. The molecule has 0 fully saturated rings. The first-order chi connectivity index (χ1) is 32.2. The van der Waals surface area contributed by atoms with Crippen molar-refractivity contribution in [3.8, 4) is 77.9 Å². The van der Waals surface area contributed by atoms with Gasteiger partial charge in [0.2, 0.25) is 0 Å². The highest BCUT2D eigenvalue weighted by Crippen LogP contribution is 2.40. The minimum absolute atomic E-state index is 1.09. The van der Waals surface area contributed by atoms with E-state index in [2.05, 4.69) is 278 Å². The molecule has 0 radical (unpaired) electrons. The Balaban J connectivity index is 0.914. The summed E-state index contributed by atoms with van der Waals surface area (Å²) in [6, 6.07) is 98.8. The van der Waals surface area contributed by atoms with E-state index in [1.54, 1.807) is 0 Å². The van der Waals surface area contributed by atoms with E-state index in [9.17, 15) is 0 Å². The van der Waals surface area contributed by atoms with Crippen LogP contribution in [-0.4, -0.2) is 0 Å². The molecule has 0 heterocycles. The maximum absolute atomic E-state index is 2.36. The van der Waals surface area contributed by atoms with E-state index >= 15 is 0 Å². The summed E-state index contributed by atoms with van der Waals surface area (Å²) in [4.78, 5) is 2.36. The molecule has 0 N–H and O–H groups in total. The standard InChI is InChI=1S/C64H45N/c1-4-14-46(15-5-1)57-24-13-25-64(45-57)65(63-38-34-53(35-39-63)61-43-59(47-16-6-2-7-17-47)42-60(44-61)48-18-8-3-9-19-48)62-36-32-51(33-37-62)50-26-28-52(29-27-50)55-22-12-23-56(40-55)58-31-30-49-20-10-11-21-54(49)41-58/h1-45H. The molecular weight excluding hydrogens is 783 g/mol. The highest BCUT2D eigenvalue weighted by atomic mass is 15.1. The van der Waals surface area contributed by atoms with Gasteiger partial charge < -0.3 is 4.90 Å². The minimum Gasteiger partial charge on any atom is -0.310 e. The van der Waals surface area contributed by atoms with Crippen molar-refractivity contribution in [1.29, 1.82) is 0 Å². The lowest BCUT2D eigenvalue weighted by Gasteiger charge is -2.26. The summed E-state index contributed by atoms with van der Waals surface area (Å²) in [6.45, 7) is 0. The van der Waals surface area contributed by atoms with E-state index in [0.29, 0.717) is 0 Å². The predicted molar refractivity (Wildman–Crippen MR) is 277 cm³/mol. The third-order valence-electron chi connectivity index (χ3n) is 12.4. The number of hydrogen-bond acceptors (Lipinski definition) is 1. The lowest BCUT2D eigenvalue weighted by Crippen LogP contribution is -2.10. The SMILES string of the molecule is c1ccc(-c2cc(-c3ccccc3)cc(-c3ccc(N(c4ccc(-c5ccc(-c6cccc(-c7ccc8ccccc8c7)c6)cc5)cc4)c4cccc(-c5ccccc5)c4)cc3)c2)cc1. The third-order valence-corrected chi connectivity index (χ3v) is 12.4. The molecular formula is C64H45N. The average molecular weight is 828 g/mol. The third kappa shape index (κ3) is 8.40. The molecule has 65 heavy (non-hydrogen) atoms.